The maximum atomic E-state index is 5.15. The van der Waals surface area contributed by atoms with Crippen molar-refractivity contribution in [2.24, 2.45) is 0 Å². The van der Waals surface area contributed by atoms with Crippen LogP contribution in [0.3, 0.4) is 0 Å². The van der Waals surface area contributed by atoms with Gasteiger partial charge in [0.25, 0.3) is 0 Å². The number of nitrogens with zero attached hydrogens (tertiary/aromatic N) is 2. The topological polar surface area (TPSA) is 37.4 Å². The highest BCUT2D eigenvalue weighted by Crippen LogP contribution is 2.14. The molecule has 1 N–H and O–H groups in total. The van der Waals surface area contributed by atoms with Crippen molar-refractivity contribution in [1.29, 1.82) is 0 Å². The molecule has 0 amide bonds. The van der Waals surface area contributed by atoms with Crippen LogP contribution in [-0.4, -0.2) is 38.3 Å². The number of rotatable bonds is 10. The Labute approximate surface area is 116 Å². The lowest BCUT2D eigenvalue weighted by Gasteiger charge is -2.23. The van der Waals surface area contributed by atoms with Crippen LogP contribution in [0.2, 0.25) is 0 Å². The van der Waals surface area contributed by atoms with E-state index in [2.05, 4.69) is 34.8 Å². The van der Waals surface area contributed by atoms with Crippen molar-refractivity contribution < 1.29 is 4.74 Å². The Morgan fingerprint density at radius 2 is 2.37 bits per heavy atom. The van der Waals surface area contributed by atoms with E-state index in [0.717, 1.165) is 38.3 Å². The Morgan fingerprint density at radius 3 is 3.05 bits per heavy atom. The Balaban J connectivity index is 2.67. The van der Waals surface area contributed by atoms with Crippen LogP contribution in [0.1, 0.15) is 19.0 Å². The second-order valence-corrected chi connectivity index (χ2v) is 4.41. The van der Waals surface area contributed by atoms with Gasteiger partial charge in [-0.1, -0.05) is 13.0 Å². The molecule has 0 atom stereocenters. The maximum absolute atomic E-state index is 5.15. The summed E-state index contributed by atoms with van der Waals surface area (Å²) >= 11 is 0. The van der Waals surface area contributed by atoms with Gasteiger partial charge >= 0.3 is 0 Å². The van der Waals surface area contributed by atoms with Crippen molar-refractivity contribution >= 4 is 5.69 Å². The number of hydrogen-bond donors (Lipinski definition) is 1. The van der Waals surface area contributed by atoms with E-state index in [1.165, 1.54) is 5.69 Å². The van der Waals surface area contributed by atoms with Crippen LogP contribution >= 0.6 is 0 Å². The second-order valence-electron chi connectivity index (χ2n) is 4.41. The average Bonchev–Trinajstić information content (AvgIpc) is 2.44. The summed E-state index contributed by atoms with van der Waals surface area (Å²) in [4.78, 5) is 6.63. The highest BCUT2D eigenvalue weighted by atomic mass is 16.5. The molecule has 0 saturated carbocycles. The van der Waals surface area contributed by atoms with Gasteiger partial charge in [0.2, 0.25) is 0 Å². The second kappa shape index (κ2) is 9.53. The maximum Gasteiger partial charge on any atom is 0.0637 e. The monoisotopic (exact) mass is 263 g/mol. The Kier molecular flexibility index (Phi) is 7.86. The van der Waals surface area contributed by atoms with Crippen LogP contribution in [-0.2, 0) is 11.3 Å². The molecule has 0 bridgehead atoms. The number of ether oxygens (including phenoxy) is 1. The molecule has 0 fully saturated rings. The molecule has 0 spiro atoms. The van der Waals surface area contributed by atoms with Crippen molar-refractivity contribution in [2.45, 2.75) is 19.9 Å². The van der Waals surface area contributed by atoms with Crippen molar-refractivity contribution in [3.05, 3.63) is 36.7 Å². The minimum atomic E-state index is 0.708. The van der Waals surface area contributed by atoms with Crippen molar-refractivity contribution in [1.82, 2.24) is 10.3 Å². The van der Waals surface area contributed by atoms with Gasteiger partial charge in [-0.05, 0) is 25.1 Å². The van der Waals surface area contributed by atoms with E-state index in [4.69, 9.17) is 4.74 Å². The first-order valence-electron chi connectivity index (χ1n) is 6.82. The normalized spacial score (nSPS) is 10.4. The molecule has 4 heteroatoms. The number of anilines is 1. The minimum absolute atomic E-state index is 0.708. The third kappa shape index (κ3) is 5.85. The molecule has 0 aliphatic heterocycles. The molecule has 1 rings (SSSR count). The highest BCUT2D eigenvalue weighted by molar-refractivity contribution is 5.47. The molecule has 4 nitrogen and oxygen atoms in total. The fourth-order valence-corrected chi connectivity index (χ4v) is 1.84. The largest absolute Gasteiger partial charge is 0.383 e. The summed E-state index contributed by atoms with van der Waals surface area (Å²) < 4.78 is 5.15. The molecule has 1 heterocycles. The summed E-state index contributed by atoms with van der Waals surface area (Å²) in [5.41, 5.74) is 2.23. The van der Waals surface area contributed by atoms with Gasteiger partial charge in [-0.2, -0.15) is 0 Å². The summed E-state index contributed by atoms with van der Waals surface area (Å²) in [5, 5.41) is 3.37. The van der Waals surface area contributed by atoms with Gasteiger partial charge < -0.3 is 15.0 Å². The summed E-state index contributed by atoms with van der Waals surface area (Å²) in [6.45, 7) is 10.2. The van der Waals surface area contributed by atoms with Crippen molar-refractivity contribution in [3.63, 3.8) is 0 Å². The molecule has 0 aliphatic rings. The first kappa shape index (κ1) is 15.7. The SMILES string of the molecule is C=CCN(CCOC)c1ccnc(CNCCC)c1. The molecule has 0 aromatic carbocycles. The smallest absolute Gasteiger partial charge is 0.0637 e. The van der Waals surface area contributed by atoms with E-state index >= 15 is 0 Å². The fraction of sp³-hybridized carbons (Fsp3) is 0.533. The Morgan fingerprint density at radius 1 is 1.53 bits per heavy atom. The van der Waals surface area contributed by atoms with Gasteiger partial charge in [-0.3, -0.25) is 4.98 Å². The van der Waals surface area contributed by atoms with E-state index in [0.29, 0.717) is 6.61 Å². The van der Waals surface area contributed by atoms with Crippen LogP contribution in [0.25, 0.3) is 0 Å². The van der Waals surface area contributed by atoms with Gasteiger partial charge in [0.05, 0.1) is 12.3 Å². The Hall–Kier alpha value is -1.39. The molecular weight excluding hydrogens is 238 g/mol. The number of pyridine rings is 1. The molecule has 19 heavy (non-hydrogen) atoms. The van der Waals surface area contributed by atoms with Crippen LogP contribution < -0.4 is 10.2 Å². The third-order valence-corrected chi connectivity index (χ3v) is 2.81. The molecule has 106 valence electrons. The molecule has 0 aliphatic carbocycles. The van der Waals surface area contributed by atoms with E-state index in [-0.39, 0.29) is 0 Å². The van der Waals surface area contributed by atoms with Crippen LogP contribution in [0, 0.1) is 0 Å². The molecular formula is C15H25N3O. The van der Waals surface area contributed by atoms with E-state index in [1.807, 2.05) is 18.3 Å². The van der Waals surface area contributed by atoms with Crippen molar-refractivity contribution in [2.75, 3.05) is 38.3 Å². The number of nitrogens with one attached hydrogen (secondary N) is 1. The predicted octanol–water partition coefficient (Wildman–Crippen LogP) is 2.22. The molecule has 0 unspecified atom stereocenters. The van der Waals surface area contributed by atoms with Gasteiger partial charge in [-0.25, -0.2) is 0 Å². The molecule has 0 saturated heterocycles. The Bertz CT molecular complexity index is 368. The zero-order valence-electron chi connectivity index (χ0n) is 12.1. The molecule has 0 radical (unpaired) electrons. The fourth-order valence-electron chi connectivity index (χ4n) is 1.84. The van der Waals surface area contributed by atoms with Gasteiger partial charge in [0.15, 0.2) is 0 Å². The first-order chi connectivity index (χ1) is 9.31. The lowest BCUT2D eigenvalue weighted by atomic mass is 10.2. The van der Waals surface area contributed by atoms with Gasteiger partial charge in [0, 0.05) is 38.6 Å². The number of hydrogen-bond acceptors (Lipinski definition) is 4. The first-order valence-corrected chi connectivity index (χ1v) is 6.82. The van der Waals surface area contributed by atoms with E-state index < -0.39 is 0 Å². The summed E-state index contributed by atoms with van der Waals surface area (Å²) in [5.74, 6) is 0. The summed E-state index contributed by atoms with van der Waals surface area (Å²) in [7, 11) is 1.72. The van der Waals surface area contributed by atoms with Crippen LogP contribution in [0.5, 0.6) is 0 Å². The zero-order valence-corrected chi connectivity index (χ0v) is 12.1. The average molecular weight is 263 g/mol. The third-order valence-electron chi connectivity index (χ3n) is 2.81. The number of aromatic nitrogens is 1. The minimum Gasteiger partial charge on any atom is -0.383 e. The van der Waals surface area contributed by atoms with E-state index in [1.54, 1.807) is 7.11 Å². The molecule has 1 aromatic rings. The molecule has 1 aromatic heterocycles. The lowest BCUT2D eigenvalue weighted by Crippen LogP contribution is -2.27. The quantitative estimate of drug-likeness (QED) is 0.519. The van der Waals surface area contributed by atoms with Gasteiger partial charge in [0.1, 0.15) is 0 Å². The summed E-state index contributed by atoms with van der Waals surface area (Å²) in [6, 6.07) is 4.16. The highest BCUT2D eigenvalue weighted by Gasteiger charge is 2.05. The van der Waals surface area contributed by atoms with E-state index in [9.17, 15) is 0 Å². The van der Waals surface area contributed by atoms with Crippen LogP contribution in [0.15, 0.2) is 31.0 Å². The number of methoxy groups -OCH3 is 1. The zero-order chi connectivity index (χ0) is 13.9. The van der Waals surface area contributed by atoms with Gasteiger partial charge in [-0.15, -0.1) is 6.58 Å². The summed E-state index contributed by atoms with van der Waals surface area (Å²) in [6.07, 6.45) is 4.91. The lowest BCUT2D eigenvalue weighted by molar-refractivity contribution is 0.206. The van der Waals surface area contributed by atoms with Crippen LogP contribution in [0.4, 0.5) is 5.69 Å². The predicted molar refractivity (Wildman–Crippen MR) is 80.5 cm³/mol. The standard InChI is InChI=1S/C15H25N3O/c1-4-7-16-13-14-12-15(6-8-17-14)18(9-5-2)10-11-19-3/h5-6,8,12,16H,2,4,7,9-11,13H2,1,3H3. The van der Waals surface area contributed by atoms with Crippen molar-refractivity contribution in [3.8, 4) is 0 Å².